The first-order valence-corrected chi connectivity index (χ1v) is 7.01. The number of hydrogen-bond acceptors (Lipinski definition) is 5. The second-order valence-corrected chi connectivity index (χ2v) is 5.60. The first kappa shape index (κ1) is 12.6. The highest BCUT2D eigenvalue weighted by atomic mass is 16.5. The minimum atomic E-state index is -0.679. The number of nitrogens with one attached hydrogen (secondary N) is 1. The Bertz CT molecular complexity index is 456. The number of carbonyl (C=O) groups is 1. The summed E-state index contributed by atoms with van der Waals surface area (Å²) in [6, 6.07) is 0.248. The number of aliphatic carboxylic acids is 1. The van der Waals surface area contributed by atoms with E-state index in [2.05, 4.69) is 15.5 Å². The van der Waals surface area contributed by atoms with Gasteiger partial charge in [0.2, 0.25) is 5.89 Å². The van der Waals surface area contributed by atoms with Gasteiger partial charge < -0.3 is 14.9 Å². The lowest BCUT2D eigenvalue weighted by atomic mass is 9.86. The molecule has 1 heterocycles. The van der Waals surface area contributed by atoms with Crippen LogP contribution in [-0.4, -0.2) is 27.3 Å². The van der Waals surface area contributed by atoms with E-state index in [1.165, 1.54) is 0 Å². The molecule has 2 saturated carbocycles. The summed E-state index contributed by atoms with van der Waals surface area (Å²) in [5, 5.41) is 16.3. The van der Waals surface area contributed by atoms with Gasteiger partial charge in [-0.1, -0.05) is 11.6 Å². The molecule has 0 spiro atoms. The van der Waals surface area contributed by atoms with Crippen LogP contribution in [0.4, 0.5) is 0 Å². The fraction of sp³-hybridized carbons (Fsp3) is 0.769. The highest BCUT2D eigenvalue weighted by molar-refractivity contribution is 5.70. The van der Waals surface area contributed by atoms with Gasteiger partial charge in [-0.05, 0) is 32.1 Å². The van der Waals surface area contributed by atoms with Crippen molar-refractivity contribution in [3.63, 3.8) is 0 Å². The molecule has 0 amide bonds. The third-order valence-electron chi connectivity index (χ3n) is 3.98. The van der Waals surface area contributed by atoms with Crippen LogP contribution in [0.2, 0.25) is 0 Å². The lowest BCUT2D eigenvalue weighted by Gasteiger charge is -2.26. The molecule has 2 unspecified atom stereocenters. The fourth-order valence-corrected chi connectivity index (χ4v) is 2.67. The predicted molar refractivity (Wildman–Crippen MR) is 66.5 cm³/mol. The summed E-state index contributed by atoms with van der Waals surface area (Å²) < 4.78 is 5.19. The lowest BCUT2D eigenvalue weighted by Crippen LogP contribution is -2.36. The first-order valence-electron chi connectivity index (χ1n) is 7.01. The van der Waals surface area contributed by atoms with Crippen molar-refractivity contribution < 1.29 is 14.4 Å². The third kappa shape index (κ3) is 3.12. The van der Waals surface area contributed by atoms with E-state index >= 15 is 0 Å². The second-order valence-electron chi connectivity index (χ2n) is 5.60. The summed E-state index contributed by atoms with van der Waals surface area (Å²) in [5.41, 5.74) is 0. The Balaban J connectivity index is 1.49. The maximum atomic E-state index is 11.0. The largest absolute Gasteiger partial charge is 0.481 e. The molecule has 6 heteroatoms. The highest BCUT2D eigenvalue weighted by Crippen LogP contribution is 2.38. The van der Waals surface area contributed by atoms with E-state index in [1.807, 2.05) is 0 Å². The van der Waals surface area contributed by atoms with Gasteiger partial charge in [-0.25, -0.2) is 0 Å². The number of nitrogens with zero attached hydrogens (tertiary/aromatic N) is 2. The molecule has 2 atom stereocenters. The Kier molecular flexibility index (Phi) is 3.50. The Hall–Kier alpha value is -1.43. The van der Waals surface area contributed by atoms with Crippen LogP contribution in [0.1, 0.15) is 56.2 Å². The predicted octanol–water partition coefficient (Wildman–Crippen LogP) is 1.68. The molecule has 0 saturated heterocycles. The molecule has 1 aromatic rings. The molecule has 104 valence electrons. The Labute approximate surface area is 111 Å². The summed E-state index contributed by atoms with van der Waals surface area (Å²) in [6.07, 6.45) is 5.78. The number of carboxylic acids is 1. The van der Waals surface area contributed by atoms with Crippen molar-refractivity contribution in [3.05, 3.63) is 11.7 Å². The van der Waals surface area contributed by atoms with Crippen LogP contribution in [0.15, 0.2) is 4.52 Å². The van der Waals surface area contributed by atoms with E-state index < -0.39 is 5.97 Å². The van der Waals surface area contributed by atoms with Gasteiger partial charge >= 0.3 is 5.97 Å². The Morgan fingerprint density at radius 3 is 2.95 bits per heavy atom. The molecule has 0 bridgehead atoms. The van der Waals surface area contributed by atoms with Gasteiger partial charge in [-0.3, -0.25) is 4.79 Å². The summed E-state index contributed by atoms with van der Waals surface area (Å²) in [5.74, 6) is 1.02. The summed E-state index contributed by atoms with van der Waals surface area (Å²) in [4.78, 5) is 15.3. The average Bonchev–Trinajstić information content (AvgIpc) is 3.16. The monoisotopic (exact) mass is 265 g/mol. The molecule has 6 nitrogen and oxygen atoms in total. The molecule has 1 aromatic heterocycles. The quantitative estimate of drug-likeness (QED) is 0.842. The SMILES string of the molecule is O=C(O)C1CCCC(NCc2noc(C3CC3)n2)C1. The van der Waals surface area contributed by atoms with Crippen LogP contribution in [0.25, 0.3) is 0 Å². The van der Waals surface area contributed by atoms with Crippen molar-refractivity contribution >= 4 is 5.97 Å². The van der Waals surface area contributed by atoms with Crippen molar-refractivity contribution in [1.29, 1.82) is 0 Å². The van der Waals surface area contributed by atoms with E-state index in [9.17, 15) is 4.79 Å². The van der Waals surface area contributed by atoms with E-state index in [1.54, 1.807) is 0 Å². The summed E-state index contributed by atoms with van der Waals surface area (Å²) in [6.45, 7) is 0.563. The molecule has 2 fully saturated rings. The topological polar surface area (TPSA) is 88.2 Å². The van der Waals surface area contributed by atoms with E-state index in [0.717, 1.165) is 38.0 Å². The molecule has 0 radical (unpaired) electrons. The molecule has 19 heavy (non-hydrogen) atoms. The van der Waals surface area contributed by atoms with Gasteiger partial charge in [0.15, 0.2) is 5.82 Å². The standard InChI is InChI=1S/C13H19N3O3/c17-13(18)9-2-1-3-10(6-9)14-7-11-15-12(19-16-11)8-4-5-8/h8-10,14H,1-7H2,(H,17,18). The average molecular weight is 265 g/mol. The minimum Gasteiger partial charge on any atom is -0.481 e. The number of carboxylic acid groups (broad SMARTS) is 1. The molecule has 2 aliphatic carbocycles. The minimum absolute atomic E-state index is 0.210. The molecular formula is C13H19N3O3. The van der Waals surface area contributed by atoms with Crippen molar-refractivity contribution in [2.45, 2.75) is 57.0 Å². The number of hydrogen-bond donors (Lipinski definition) is 2. The molecule has 0 aromatic carbocycles. The van der Waals surface area contributed by atoms with Crippen LogP contribution in [0.3, 0.4) is 0 Å². The van der Waals surface area contributed by atoms with E-state index in [4.69, 9.17) is 9.63 Å². The van der Waals surface area contributed by atoms with Gasteiger partial charge in [0.05, 0.1) is 12.5 Å². The zero-order valence-electron chi connectivity index (χ0n) is 10.8. The molecular weight excluding hydrogens is 246 g/mol. The molecule has 2 N–H and O–H groups in total. The van der Waals surface area contributed by atoms with E-state index in [0.29, 0.717) is 24.7 Å². The van der Waals surface area contributed by atoms with Crippen molar-refractivity contribution in [2.75, 3.05) is 0 Å². The maximum Gasteiger partial charge on any atom is 0.306 e. The molecule has 3 rings (SSSR count). The molecule has 2 aliphatic rings. The zero-order valence-corrected chi connectivity index (χ0v) is 10.8. The second kappa shape index (κ2) is 5.28. The van der Waals surface area contributed by atoms with Crippen molar-refractivity contribution in [2.24, 2.45) is 5.92 Å². The summed E-state index contributed by atoms with van der Waals surface area (Å²) >= 11 is 0. The van der Waals surface area contributed by atoms with Crippen LogP contribution in [-0.2, 0) is 11.3 Å². The van der Waals surface area contributed by atoms with E-state index in [-0.39, 0.29) is 12.0 Å². The first-order chi connectivity index (χ1) is 9.22. The highest BCUT2D eigenvalue weighted by Gasteiger charge is 2.30. The normalized spacial score (nSPS) is 27.4. The van der Waals surface area contributed by atoms with Gasteiger partial charge in [0, 0.05) is 12.0 Å². The van der Waals surface area contributed by atoms with Gasteiger partial charge in [-0.15, -0.1) is 0 Å². The van der Waals surface area contributed by atoms with Crippen LogP contribution in [0, 0.1) is 5.92 Å². The van der Waals surface area contributed by atoms with Crippen molar-refractivity contribution in [1.82, 2.24) is 15.5 Å². The Morgan fingerprint density at radius 1 is 1.37 bits per heavy atom. The van der Waals surface area contributed by atoms with Crippen LogP contribution in [0.5, 0.6) is 0 Å². The smallest absolute Gasteiger partial charge is 0.306 e. The van der Waals surface area contributed by atoms with Gasteiger partial charge in [0.1, 0.15) is 0 Å². The Morgan fingerprint density at radius 2 is 2.21 bits per heavy atom. The van der Waals surface area contributed by atoms with Crippen LogP contribution < -0.4 is 5.32 Å². The fourth-order valence-electron chi connectivity index (χ4n) is 2.67. The van der Waals surface area contributed by atoms with Gasteiger partial charge in [-0.2, -0.15) is 4.98 Å². The van der Waals surface area contributed by atoms with Crippen LogP contribution >= 0.6 is 0 Å². The number of aromatic nitrogens is 2. The lowest BCUT2D eigenvalue weighted by molar-refractivity contribution is -0.143. The zero-order chi connectivity index (χ0) is 13.2. The van der Waals surface area contributed by atoms with Gasteiger partial charge in [0.25, 0.3) is 0 Å². The maximum absolute atomic E-state index is 11.0. The molecule has 0 aliphatic heterocycles. The number of rotatable bonds is 5. The van der Waals surface area contributed by atoms with Crippen molar-refractivity contribution in [3.8, 4) is 0 Å². The summed E-state index contributed by atoms with van der Waals surface area (Å²) in [7, 11) is 0. The third-order valence-corrected chi connectivity index (χ3v) is 3.98.